The molecule has 0 radical (unpaired) electrons. The normalized spacial score (nSPS) is 11.5. The number of thiophene rings is 1. The summed E-state index contributed by atoms with van der Waals surface area (Å²) in [6.45, 7) is 0. The van der Waals surface area contributed by atoms with E-state index in [1.54, 1.807) is 0 Å². The Kier molecular flexibility index (Phi) is 4.91. The average molecular weight is 309 g/mol. The van der Waals surface area contributed by atoms with Gasteiger partial charge in [0.2, 0.25) is 0 Å². The summed E-state index contributed by atoms with van der Waals surface area (Å²) < 4.78 is 15.2. The van der Waals surface area contributed by atoms with Crippen molar-refractivity contribution in [2.75, 3.05) is 21.3 Å². The van der Waals surface area contributed by atoms with E-state index < -0.39 is 11.8 Å². The first-order valence-electron chi connectivity index (χ1n) is 4.47. The Labute approximate surface area is 107 Å². The van der Waals surface area contributed by atoms with Gasteiger partial charge in [-0.1, -0.05) is 15.9 Å². The maximum absolute atomic E-state index is 11.8. The van der Waals surface area contributed by atoms with E-state index in [-0.39, 0.29) is 0 Å². The quantitative estimate of drug-likeness (QED) is 0.475. The molecule has 0 aliphatic rings. The number of alkyl halides is 1. The first kappa shape index (κ1) is 13.6. The molecule has 0 saturated heterocycles. The molecule has 1 aromatic heterocycles. The molecule has 0 amide bonds. The van der Waals surface area contributed by atoms with Gasteiger partial charge in [0.25, 0.3) is 0 Å². The average Bonchev–Trinajstić information content (AvgIpc) is 2.80. The van der Waals surface area contributed by atoms with Gasteiger partial charge >= 0.3 is 11.8 Å². The second kappa shape index (κ2) is 5.77. The zero-order chi connectivity index (χ0) is 12.2. The van der Waals surface area contributed by atoms with Gasteiger partial charge in [-0.25, -0.2) is 4.79 Å². The van der Waals surface area contributed by atoms with Crippen molar-refractivity contribution in [1.82, 2.24) is 0 Å². The van der Waals surface area contributed by atoms with Gasteiger partial charge in [-0.15, -0.1) is 11.3 Å². The van der Waals surface area contributed by atoms with Crippen molar-refractivity contribution < 1.29 is 19.0 Å². The number of carbonyl (C=O) groups is 1. The molecule has 0 fully saturated rings. The van der Waals surface area contributed by atoms with Gasteiger partial charge in [-0.3, -0.25) is 0 Å². The molecular formula is C10H13BrO4S. The predicted octanol–water partition coefficient (Wildman–Crippen LogP) is 2.26. The number of hydrogen-bond donors (Lipinski definition) is 0. The fourth-order valence-corrected chi connectivity index (χ4v) is 3.11. The Morgan fingerprint density at radius 3 is 2.50 bits per heavy atom. The fourth-order valence-electron chi connectivity index (χ4n) is 1.39. The molecule has 0 bridgehead atoms. The molecule has 0 aliphatic heterocycles. The second-order valence-electron chi connectivity index (χ2n) is 2.93. The Morgan fingerprint density at radius 2 is 2.06 bits per heavy atom. The molecule has 1 heterocycles. The van der Waals surface area contributed by atoms with E-state index in [0.717, 1.165) is 5.56 Å². The van der Waals surface area contributed by atoms with Crippen LogP contribution >= 0.6 is 27.3 Å². The minimum atomic E-state index is -1.47. The van der Waals surface area contributed by atoms with Gasteiger partial charge in [0.15, 0.2) is 0 Å². The summed E-state index contributed by atoms with van der Waals surface area (Å²) in [4.78, 5) is 12.5. The zero-order valence-corrected chi connectivity index (χ0v) is 11.7. The van der Waals surface area contributed by atoms with Crippen molar-refractivity contribution in [3.8, 4) is 0 Å². The molecule has 16 heavy (non-hydrogen) atoms. The van der Waals surface area contributed by atoms with Gasteiger partial charge in [0.05, 0.1) is 12.0 Å². The number of halogens is 1. The minimum absolute atomic E-state index is 0.567. The first-order valence-corrected chi connectivity index (χ1v) is 6.48. The third kappa shape index (κ3) is 2.15. The third-order valence-corrected chi connectivity index (χ3v) is 3.86. The Hall–Kier alpha value is -0.430. The van der Waals surface area contributed by atoms with Crippen LogP contribution in [-0.4, -0.2) is 27.3 Å². The van der Waals surface area contributed by atoms with E-state index in [0.29, 0.717) is 10.2 Å². The number of hydrogen-bond acceptors (Lipinski definition) is 5. The lowest BCUT2D eigenvalue weighted by atomic mass is 10.1. The minimum Gasteiger partial charge on any atom is -0.465 e. The third-order valence-electron chi connectivity index (χ3n) is 2.22. The van der Waals surface area contributed by atoms with Gasteiger partial charge in [-0.2, -0.15) is 0 Å². The Morgan fingerprint density at radius 1 is 1.44 bits per heavy atom. The van der Waals surface area contributed by atoms with Gasteiger partial charge in [0, 0.05) is 19.5 Å². The highest BCUT2D eigenvalue weighted by molar-refractivity contribution is 9.08. The number of methoxy groups -OCH3 is 3. The monoisotopic (exact) mass is 308 g/mol. The summed E-state index contributed by atoms with van der Waals surface area (Å²) in [7, 11) is 4.13. The molecule has 0 aliphatic carbocycles. The molecule has 0 spiro atoms. The summed E-state index contributed by atoms with van der Waals surface area (Å²) in [6.07, 6.45) is 0. The lowest BCUT2D eigenvalue weighted by molar-refractivity contribution is -0.232. The Balaban J connectivity index is 3.25. The van der Waals surface area contributed by atoms with Crippen molar-refractivity contribution in [3.05, 3.63) is 21.9 Å². The van der Waals surface area contributed by atoms with E-state index in [1.807, 2.05) is 11.4 Å². The molecular weight excluding hydrogens is 296 g/mol. The molecule has 0 unspecified atom stereocenters. The molecule has 0 atom stereocenters. The van der Waals surface area contributed by atoms with Crippen molar-refractivity contribution in [3.63, 3.8) is 0 Å². The summed E-state index contributed by atoms with van der Waals surface area (Å²) in [5, 5.41) is 2.50. The largest absolute Gasteiger partial charge is 0.465 e. The molecule has 90 valence electrons. The molecule has 4 nitrogen and oxygen atoms in total. The van der Waals surface area contributed by atoms with Crippen LogP contribution in [0.4, 0.5) is 0 Å². The number of rotatable bonds is 5. The maximum atomic E-state index is 11.8. The Bertz CT molecular complexity index is 359. The van der Waals surface area contributed by atoms with E-state index in [4.69, 9.17) is 14.2 Å². The highest BCUT2D eigenvalue weighted by atomic mass is 79.9. The summed E-state index contributed by atoms with van der Waals surface area (Å²) in [5.41, 5.74) is 0.944. The molecule has 1 aromatic rings. The lowest BCUT2D eigenvalue weighted by Gasteiger charge is -2.27. The van der Waals surface area contributed by atoms with Gasteiger partial charge in [-0.05, 0) is 17.0 Å². The van der Waals surface area contributed by atoms with Crippen LogP contribution in [0.15, 0.2) is 11.4 Å². The van der Waals surface area contributed by atoms with E-state index in [9.17, 15) is 4.79 Å². The van der Waals surface area contributed by atoms with Crippen molar-refractivity contribution in [2.45, 2.75) is 11.1 Å². The second-order valence-corrected chi connectivity index (χ2v) is 4.40. The van der Waals surface area contributed by atoms with Gasteiger partial charge in [0.1, 0.15) is 0 Å². The molecule has 0 N–H and O–H groups in total. The van der Waals surface area contributed by atoms with Crippen LogP contribution in [0.1, 0.15) is 10.4 Å². The number of esters is 1. The molecule has 6 heteroatoms. The number of carbonyl (C=O) groups excluding carboxylic acids is 1. The van der Waals surface area contributed by atoms with Crippen LogP contribution in [0.2, 0.25) is 0 Å². The smallest absolute Gasteiger partial charge is 0.372 e. The van der Waals surface area contributed by atoms with E-state index in [2.05, 4.69) is 15.9 Å². The maximum Gasteiger partial charge on any atom is 0.372 e. The predicted molar refractivity (Wildman–Crippen MR) is 64.7 cm³/mol. The highest BCUT2D eigenvalue weighted by Gasteiger charge is 2.45. The van der Waals surface area contributed by atoms with Crippen molar-refractivity contribution in [2.24, 2.45) is 0 Å². The van der Waals surface area contributed by atoms with Crippen LogP contribution in [0.5, 0.6) is 0 Å². The number of ether oxygens (including phenoxy) is 3. The topological polar surface area (TPSA) is 44.8 Å². The van der Waals surface area contributed by atoms with Crippen LogP contribution in [0.3, 0.4) is 0 Å². The van der Waals surface area contributed by atoms with Crippen LogP contribution in [-0.2, 0) is 30.1 Å². The van der Waals surface area contributed by atoms with Crippen molar-refractivity contribution in [1.29, 1.82) is 0 Å². The zero-order valence-electron chi connectivity index (χ0n) is 9.28. The molecule has 1 rings (SSSR count). The fraction of sp³-hybridized carbons (Fsp3) is 0.500. The van der Waals surface area contributed by atoms with E-state index >= 15 is 0 Å². The highest BCUT2D eigenvalue weighted by Crippen LogP contribution is 2.35. The van der Waals surface area contributed by atoms with Crippen molar-refractivity contribution >= 4 is 33.2 Å². The SMILES string of the molecule is COC(=O)C(OC)(OC)c1sccc1CBr. The van der Waals surface area contributed by atoms with Gasteiger partial charge < -0.3 is 14.2 Å². The standard InChI is InChI=1S/C10H13BrO4S/c1-13-9(12)10(14-2,15-3)8-7(6-11)4-5-16-8/h4-5H,6H2,1-3H3. The summed E-state index contributed by atoms with van der Waals surface area (Å²) in [5.74, 6) is -2.03. The summed E-state index contributed by atoms with van der Waals surface area (Å²) in [6, 6.07) is 1.91. The van der Waals surface area contributed by atoms with Crippen LogP contribution in [0, 0.1) is 0 Å². The lowest BCUT2D eigenvalue weighted by Crippen LogP contribution is -2.40. The first-order chi connectivity index (χ1) is 7.66. The summed E-state index contributed by atoms with van der Waals surface area (Å²) >= 11 is 4.75. The van der Waals surface area contributed by atoms with Crippen LogP contribution < -0.4 is 0 Å². The molecule has 0 aromatic carbocycles. The van der Waals surface area contributed by atoms with E-state index in [1.165, 1.54) is 32.7 Å². The molecule has 0 saturated carbocycles. The van der Waals surface area contributed by atoms with Crippen LogP contribution in [0.25, 0.3) is 0 Å².